The standard InChI is InChI=1S/C28H22F4O6/c1-35-21-11-7-15(13-19(21)27(33)37-3)5-9-17-23(29)25(31)18(26(32)24(17)30)10-6-16-8-12-22(36-2)20(14-16)28(34)38-4/h5-14H,1-4H3/b9-5+,10-6+. The molecule has 0 unspecified atom stereocenters. The van der Waals surface area contributed by atoms with E-state index in [0.29, 0.717) is 0 Å². The molecule has 0 fully saturated rings. The van der Waals surface area contributed by atoms with Gasteiger partial charge < -0.3 is 18.9 Å². The van der Waals surface area contributed by atoms with Gasteiger partial charge in [0.1, 0.15) is 22.6 Å². The Morgan fingerprint density at radius 1 is 0.579 bits per heavy atom. The summed E-state index contributed by atoms with van der Waals surface area (Å²) in [5.41, 5.74) is -1.24. The Hall–Kier alpha value is -4.60. The van der Waals surface area contributed by atoms with Gasteiger partial charge in [-0.2, -0.15) is 0 Å². The first-order valence-electron chi connectivity index (χ1n) is 10.9. The summed E-state index contributed by atoms with van der Waals surface area (Å²) in [6.07, 6.45) is 4.04. The smallest absolute Gasteiger partial charge is 0.341 e. The molecule has 3 aromatic rings. The maximum atomic E-state index is 14.8. The van der Waals surface area contributed by atoms with Crippen LogP contribution in [0.1, 0.15) is 43.0 Å². The fourth-order valence-electron chi connectivity index (χ4n) is 3.51. The molecule has 0 radical (unpaired) electrons. The molecule has 0 aliphatic rings. The van der Waals surface area contributed by atoms with E-state index in [1.165, 1.54) is 77.0 Å². The molecule has 0 amide bonds. The van der Waals surface area contributed by atoms with Crippen LogP contribution in [-0.2, 0) is 9.47 Å². The van der Waals surface area contributed by atoms with E-state index in [0.717, 1.165) is 12.2 Å². The highest BCUT2D eigenvalue weighted by Crippen LogP contribution is 2.29. The fourth-order valence-corrected chi connectivity index (χ4v) is 3.51. The third-order valence-electron chi connectivity index (χ3n) is 5.47. The lowest BCUT2D eigenvalue weighted by Gasteiger charge is -2.09. The van der Waals surface area contributed by atoms with Crippen LogP contribution in [0.4, 0.5) is 17.6 Å². The van der Waals surface area contributed by atoms with Gasteiger partial charge >= 0.3 is 11.9 Å². The molecule has 38 heavy (non-hydrogen) atoms. The van der Waals surface area contributed by atoms with Crippen molar-refractivity contribution < 1.29 is 46.1 Å². The first kappa shape index (κ1) is 28.0. The Bertz CT molecular complexity index is 1310. The van der Waals surface area contributed by atoms with Crippen molar-refractivity contribution in [2.24, 2.45) is 0 Å². The van der Waals surface area contributed by atoms with Crippen LogP contribution >= 0.6 is 0 Å². The van der Waals surface area contributed by atoms with Crippen molar-refractivity contribution in [2.45, 2.75) is 0 Å². The Kier molecular flexibility index (Phi) is 8.90. The van der Waals surface area contributed by atoms with Gasteiger partial charge in [-0.25, -0.2) is 27.2 Å². The summed E-state index contributed by atoms with van der Waals surface area (Å²) < 4.78 is 78.7. The molecule has 0 bridgehead atoms. The Morgan fingerprint density at radius 2 is 0.921 bits per heavy atom. The predicted molar refractivity (Wildman–Crippen MR) is 133 cm³/mol. The summed E-state index contributed by atoms with van der Waals surface area (Å²) in [5, 5.41) is 0. The van der Waals surface area contributed by atoms with Gasteiger partial charge in [-0.1, -0.05) is 24.3 Å². The molecule has 6 nitrogen and oxygen atoms in total. The second-order valence-electron chi connectivity index (χ2n) is 7.65. The van der Waals surface area contributed by atoms with Crippen molar-refractivity contribution in [1.82, 2.24) is 0 Å². The summed E-state index contributed by atoms with van der Waals surface area (Å²) in [7, 11) is 5.03. The van der Waals surface area contributed by atoms with Crippen LogP contribution in [0, 0.1) is 23.3 Å². The normalized spacial score (nSPS) is 11.2. The molecule has 0 aliphatic heterocycles. The highest BCUT2D eigenvalue weighted by molar-refractivity contribution is 5.94. The lowest BCUT2D eigenvalue weighted by Crippen LogP contribution is -2.05. The average Bonchev–Trinajstić information content (AvgIpc) is 2.94. The van der Waals surface area contributed by atoms with Gasteiger partial charge in [0.05, 0.1) is 39.6 Å². The van der Waals surface area contributed by atoms with Crippen molar-refractivity contribution in [3.8, 4) is 11.5 Å². The zero-order chi connectivity index (χ0) is 28.0. The summed E-state index contributed by atoms with van der Waals surface area (Å²) in [6, 6.07) is 8.46. The number of hydrogen-bond donors (Lipinski definition) is 0. The quantitative estimate of drug-likeness (QED) is 0.150. The molecule has 0 saturated heterocycles. The average molecular weight is 530 g/mol. The van der Waals surface area contributed by atoms with Crippen molar-refractivity contribution in [3.63, 3.8) is 0 Å². The van der Waals surface area contributed by atoms with Gasteiger partial charge in [0.15, 0.2) is 23.3 Å². The minimum atomic E-state index is -1.62. The topological polar surface area (TPSA) is 71.1 Å². The number of ether oxygens (including phenoxy) is 4. The van der Waals surface area contributed by atoms with Crippen molar-refractivity contribution in [1.29, 1.82) is 0 Å². The SMILES string of the molecule is COC(=O)c1cc(/C=C/c2c(F)c(F)c(/C=C/c3ccc(OC)c(C(=O)OC)c3)c(F)c2F)ccc1OC. The largest absolute Gasteiger partial charge is 0.496 e. The number of hydrogen-bond acceptors (Lipinski definition) is 6. The molecular formula is C28H22F4O6. The summed E-state index contributed by atoms with van der Waals surface area (Å²) in [6.45, 7) is 0. The van der Waals surface area contributed by atoms with Crippen LogP contribution < -0.4 is 9.47 Å². The van der Waals surface area contributed by atoms with E-state index >= 15 is 0 Å². The number of rotatable bonds is 8. The number of carbonyl (C=O) groups excluding carboxylic acids is 2. The number of halogens is 4. The summed E-state index contributed by atoms with van der Waals surface area (Å²) >= 11 is 0. The van der Waals surface area contributed by atoms with E-state index in [9.17, 15) is 27.2 Å². The van der Waals surface area contributed by atoms with E-state index in [4.69, 9.17) is 9.47 Å². The zero-order valence-corrected chi connectivity index (χ0v) is 20.7. The van der Waals surface area contributed by atoms with Crippen LogP contribution in [0.15, 0.2) is 36.4 Å². The predicted octanol–water partition coefficient (Wildman–Crippen LogP) is 6.17. The molecule has 3 rings (SSSR count). The van der Waals surface area contributed by atoms with Crippen molar-refractivity contribution in [2.75, 3.05) is 28.4 Å². The molecule has 0 aliphatic carbocycles. The molecule has 0 heterocycles. The van der Waals surface area contributed by atoms with E-state index in [1.807, 2.05) is 0 Å². The van der Waals surface area contributed by atoms with E-state index in [-0.39, 0.29) is 33.8 Å². The third-order valence-corrected chi connectivity index (χ3v) is 5.47. The molecule has 0 N–H and O–H groups in total. The monoisotopic (exact) mass is 530 g/mol. The van der Waals surface area contributed by atoms with E-state index in [2.05, 4.69) is 9.47 Å². The van der Waals surface area contributed by atoms with Gasteiger partial charge in [0, 0.05) is 0 Å². The minimum Gasteiger partial charge on any atom is -0.496 e. The maximum Gasteiger partial charge on any atom is 0.341 e. The molecule has 10 heteroatoms. The number of carbonyl (C=O) groups is 2. The van der Waals surface area contributed by atoms with Gasteiger partial charge in [-0.15, -0.1) is 0 Å². The van der Waals surface area contributed by atoms with Crippen molar-refractivity contribution in [3.05, 3.63) is 93.0 Å². The zero-order valence-electron chi connectivity index (χ0n) is 20.7. The van der Waals surface area contributed by atoms with Gasteiger partial charge in [-0.05, 0) is 47.5 Å². The van der Waals surface area contributed by atoms with E-state index < -0.39 is 46.3 Å². The van der Waals surface area contributed by atoms with Crippen LogP contribution in [0.5, 0.6) is 11.5 Å². The third kappa shape index (κ3) is 5.69. The fraction of sp³-hybridized carbons (Fsp3) is 0.143. The summed E-state index contributed by atoms with van der Waals surface area (Å²) in [4.78, 5) is 23.9. The molecule has 0 aromatic heterocycles. The Balaban J connectivity index is 1.98. The number of esters is 2. The van der Waals surface area contributed by atoms with Gasteiger partial charge in [-0.3, -0.25) is 0 Å². The maximum absolute atomic E-state index is 14.8. The highest BCUT2D eigenvalue weighted by Gasteiger charge is 2.23. The van der Waals surface area contributed by atoms with Crippen LogP contribution in [0.25, 0.3) is 24.3 Å². The second-order valence-corrected chi connectivity index (χ2v) is 7.65. The van der Waals surface area contributed by atoms with E-state index in [1.54, 1.807) is 0 Å². The minimum absolute atomic E-state index is 0.0461. The molecule has 198 valence electrons. The first-order valence-corrected chi connectivity index (χ1v) is 10.9. The number of methoxy groups -OCH3 is 4. The van der Waals surface area contributed by atoms with Crippen LogP contribution in [-0.4, -0.2) is 40.4 Å². The lowest BCUT2D eigenvalue weighted by molar-refractivity contribution is 0.0588. The highest BCUT2D eigenvalue weighted by atomic mass is 19.2. The lowest BCUT2D eigenvalue weighted by atomic mass is 10.0. The Labute approximate surface area is 215 Å². The molecule has 3 aromatic carbocycles. The first-order chi connectivity index (χ1) is 18.2. The number of benzene rings is 3. The molecular weight excluding hydrogens is 508 g/mol. The summed E-state index contributed by atoms with van der Waals surface area (Å²) in [5.74, 6) is -7.49. The molecule has 0 atom stereocenters. The molecule has 0 saturated carbocycles. The Morgan fingerprint density at radius 3 is 1.21 bits per heavy atom. The van der Waals surface area contributed by atoms with Crippen molar-refractivity contribution >= 4 is 36.2 Å². The van der Waals surface area contributed by atoms with Gasteiger partial charge in [0.2, 0.25) is 0 Å². The van der Waals surface area contributed by atoms with Crippen LogP contribution in [0.2, 0.25) is 0 Å². The van der Waals surface area contributed by atoms with Gasteiger partial charge in [0.25, 0.3) is 0 Å². The molecule has 0 spiro atoms. The van der Waals surface area contributed by atoms with Crippen LogP contribution in [0.3, 0.4) is 0 Å². The second kappa shape index (κ2) is 12.1.